The van der Waals surface area contributed by atoms with Gasteiger partial charge in [0.2, 0.25) is 15.9 Å². The quantitative estimate of drug-likeness (QED) is 0.569. The molecule has 1 N–H and O–H groups in total. The van der Waals surface area contributed by atoms with E-state index in [0.717, 1.165) is 36.5 Å². The van der Waals surface area contributed by atoms with Gasteiger partial charge in [0, 0.05) is 25.3 Å². The van der Waals surface area contributed by atoms with E-state index in [4.69, 9.17) is 4.74 Å². The van der Waals surface area contributed by atoms with Crippen LogP contribution >= 0.6 is 0 Å². The minimum atomic E-state index is -3.60. The lowest BCUT2D eigenvalue weighted by Gasteiger charge is -2.23. The molecule has 1 heterocycles. The highest BCUT2D eigenvalue weighted by atomic mass is 32.2. The first kappa shape index (κ1) is 22.9. The van der Waals surface area contributed by atoms with Crippen LogP contribution in [0, 0.1) is 0 Å². The molecule has 168 valence electrons. The van der Waals surface area contributed by atoms with Crippen molar-refractivity contribution in [3.63, 3.8) is 0 Å². The topological polar surface area (TPSA) is 79.0 Å². The van der Waals surface area contributed by atoms with Crippen LogP contribution in [0.5, 0.6) is 5.75 Å². The van der Waals surface area contributed by atoms with Gasteiger partial charge in [-0.3, -0.25) is 9.10 Å². The third-order valence-electron chi connectivity index (χ3n) is 5.09. The number of nitrogens with one attached hydrogen (secondary N) is 1. The molecule has 0 spiro atoms. The summed E-state index contributed by atoms with van der Waals surface area (Å²) in [5, 5.41) is 2.84. The molecular formula is C23H31N3O4S. The van der Waals surface area contributed by atoms with Crippen LogP contribution in [0.25, 0.3) is 0 Å². The maximum atomic E-state index is 12.4. The predicted octanol–water partition coefficient (Wildman–Crippen LogP) is 2.81. The molecule has 0 saturated carbocycles. The molecule has 3 rings (SSSR count). The van der Waals surface area contributed by atoms with Gasteiger partial charge >= 0.3 is 0 Å². The van der Waals surface area contributed by atoms with Gasteiger partial charge in [-0.2, -0.15) is 0 Å². The number of anilines is 2. The molecule has 31 heavy (non-hydrogen) atoms. The average molecular weight is 446 g/mol. The van der Waals surface area contributed by atoms with Crippen LogP contribution in [0.2, 0.25) is 0 Å². The second-order valence-corrected chi connectivity index (χ2v) is 9.91. The number of carbonyl (C=O) groups excluding carboxylic acids is 1. The molecule has 0 saturated heterocycles. The summed E-state index contributed by atoms with van der Waals surface area (Å²) < 4.78 is 31.2. The van der Waals surface area contributed by atoms with Crippen molar-refractivity contribution in [3.8, 4) is 5.75 Å². The van der Waals surface area contributed by atoms with Gasteiger partial charge in [0.15, 0.2) is 0 Å². The molecule has 2 aromatic rings. The summed E-state index contributed by atoms with van der Waals surface area (Å²) in [7, 11) is -3.60. The van der Waals surface area contributed by atoms with E-state index in [1.54, 1.807) is 24.3 Å². The maximum Gasteiger partial charge on any atom is 0.240 e. The van der Waals surface area contributed by atoms with E-state index in [1.807, 2.05) is 19.9 Å². The van der Waals surface area contributed by atoms with Crippen molar-refractivity contribution >= 4 is 27.3 Å². The molecule has 0 radical (unpaired) electrons. The minimum absolute atomic E-state index is 0.0247. The van der Waals surface area contributed by atoms with Crippen LogP contribution in [-0.2, 0) is 21.2 Å². The molecule has 7 nitrogen and oxygen atoms in total. The Morgan fingerprint density at radius 3 is 2.55 bits per heavy atom. The largest absolute Gasteiger partial charge is 0.491 e. The van der Waals surface area contributed by atoms with E-state index in [0.29, 0.717) is 18.0 Å². The van der Waals surface area contributed by atoms with Crippen LogP contribution in [-0.4, -0.2) is 52.9 Å². The fourth-order valence-electron chi connectivity index (χ4n) is 3.69. The molecule has 0 fully saturated rings. The molecule has 2 aromatic carbocycles. The third kappa shape index (κ3) is 6.37. The number of sulfonamides is 1. The lowest BCUT2D eigenvalue weighted by atomic mass is 10.2. The van der Waals surface area contributed by atoms with E-state index in [1.165, 1.54) is 11.3 Å². The second kappa shape index (κ2) is 10.0. The minimum Gasteiger partial charge on any atom is -0.491 e. The number of carbonyl (C=O) groups is 1. The van der Waals surface area contributed by atoms with Crippen molar-refractivity contribution in [1.82, 2.24) is 5.32 Å². The monoisotopic (exact) mass is 445 g/mol. The molecule has 0 aromatic heterocycles. The zero-order valence-electron chi connectivity index (χ0n) is 18.4. The van der Waals surface area contributed by atoms with Crippen molar-refractivity contribution in [2.75, 3.05) is 41.6 Å². The molecule has 8 heteroatoms. The normalized spacial score (nSPS) is 13.2. The van der Waals surface area contributed by atoms with Gasteiger partial charge in [0.1, 0.15) is 12.3 Å². The molecule has 0 aliphatic carbocycles. The highest BCUT2D eigenvalue weighted by Gasteiger charge is 2.21. The number of nitrogens with zero attached hydrogens (tertiary/aromatic N) is 2. The Morgan fingerprint density at radius 1 is 1.16 bits per heavy atom. The Balaban J connectivity index is 1.51. The summed E-state index contributed by atoms with van der Waals surface area (Å²) in [5.41, 5.74) is 3.06. The molecule has 0 bridgehead atoms. The first-order chi connectivity index (χ1) is 14.7. The fourth-order valence-corrected chi connectivity index (χ4v) is 4.54. The number of hydrogen-bond donors (Lipinski definition) is 1. The van der Waals surface area contributed by atoms with Crippen LogP contribution < -0.4 is 19.3 Å². The van der Waals surface area contributed by atoms with Crippen molar-refractivity contribution in [2.24, 2.45) is 0 Å². The number of amides is 1. The first-order valence-electron chi connectivity index (χ1n) is 10.6. The van der Waals surface area contributed by atoms with E-state index in [-0.39, 0.29) is 18.6 Å². The Bertz CT molecular complexity index is 990. The lowest BCUT2D eigenvalue weighted by Crippen LogP contribution is -2.41. The van der Waals surface area contributed by atoms with Crippen LogP contribution in [0.1, 0.15) is 25.8 Å². The summed E-state index contributed by atoms with van der Waals surface area (Å²) in [5.74, 6) is 0.329. The Kier molecular flexibility index (Phi) is 7.43. The highest BCUT2D eigenvalue weighted by molar-refractivity contribution is 7.92. The number of benzene rings is 2. The number of rotatable bonds is 10. The molecule has 0 unspecified atom stereocenters. The first-order valence-corrected chi connectivity index (χ1v) is 12.4. The standard InChI is InChI=1S/C23H31N3O4S/c1-18(2)30-21-11-9-20(10-12-21)26(31(3,28)29)17-23(27)24-14-6-15-25-16-13-19-7-4-5-8-22(19)25/h4-5,7-12,18H,6,13-17H2,1-3H3,(H,24,27). The van der Waals surface area contributed by atoms with Crippen molar-refractivity contribution < 1.29 is 17.9 Å². The van der Waals surface area contributed by atoms with Crippen LogP contribution in [0.3, 0.4) is 0 Å². The zero-order valence-corrected chi connectivity index (χ0v) is 19.2. The van der Waals surface area contributed by atoms with Crippen molar-refractivity contribution in [2.45, 2.75) is 32.8 Å². The van der Waals surface area contributed by atoms with E-state index < -0.39 is 10.0 Å². The average Bonchev–Trinajstić information content (AvgIpc) is 3.12. The second-order valence-electron chi connectivity index (χ2n) is 8.00. The fraction of sp³-hybridized carbons (Fsp3) is 0.435. The van der Waals surface area contributed by atoms with Gasteiger partial charge in [-0.05, 0) is 62.6 Å². The summed E-state index contributed by atoms with van der Waals surface area (Å²) in [4.78, 5) is 14.7. The molecule has 1 aliphatic heterocycles. The molecule has 1 aliphatic rings. The number of hydrogen-bond acceptors (Lipinski definition) is 5. The Morgan fingerprint density at radius 2 is 1.87 bits per heavy atom. The van der Waals surface area contributed by atoms with Gasteiger partial charge < -0.3 is 15.0 Å². The summed E-state index contributed by atoms with van der Waals surface area (Å²) in [6.07, 6.45) is 2.97. The summed E-state index contributed by atoms with van der Waals surface area (Å²) in [6, 6.07) is 15.1. The van der Waals surface area contributed by atoms with Crippen molar-refractivity contribution in [3.05, 3.63) is 54.1 Å². The lowest BCUT2D eigenvalue weighted by molar-refractivity contribution is -0.119. The predicted molar refractivity (Wildman–Crippen MR) is 124 cm³/mol. The van der Waals surface area contributed by atoms with Gasteiger partial charge in [0.25, 0.3) is 0 Å². The van der Waals surface area contributed by atoms with Gasteiger partial charge in [0.05, 0.1) is 18.0 Å². The SMILES string of the molecule is CC(C)Oc1ccc(N(CC(=O)NCCCN2CCc3ccccc32)S(C)(=O)=O)cc1. The van der Waals surface area contributed by atoms with E-state index >= 15 is 0 Å². The molecule has 0 atom stereocenters. The highest BCUT2D eigenvalue weighted by Crippen LogP contribution is 2.27. The van der Waals surface area contributed by atoms with Gasteiger partial charge in [-0.15, -0.1) is 0 Å². The zero-order chi connectivity index (χ0) is 22.4. The molecular weight excluding hydrogens is 414 g/mol. The Hall–Kier alpha value is -2.74. The summed E-state index contributed by atoms with van der Waals surface area (Å²) >= 11 is 0. The maximum absolute atomic E-state index is 12.4. The van der Waals surface area contributed by atoms with Crippen LogP contribution in [0.4, 0.5) is 11.4 Å². The van der Waals surface area contributed by atoms with E-state index in [2.05, 4.69) is 28.4 Å². The number of para-hydroxylation sites is 1. The summed E-state index contributed by atoms with van der Waals surface area (Å²) in [6.45, 7) is 5.93. The number of fused-ring (bicyclic) bond motifs is 1. The van der Waals surface area contributed by atoms with Gasteiger partial charge in [-0.1, -0.05) is 18.2 Å². The third-order valence-corrected chi connectivity index (χ3v) is 6.23. The van der Waals surface area contributed by atoms with Crippen LogP contribution in [0.15, 0.2) is 48.5 Å². The Labute approximate surface area is 185 Å². The van der Waals surface area contributed by atoms with E-state index in [9.17, 15) is 13.2 Å². The smallest absolute Gasteiger partial charge is 0.240 e. The molecule has 1 amide bonds. The van der Waals surface area contributed by atoms with Crippen molar-refractivity contribution in [1.29, 1.82) is 0 Å². The number of ether oxygens (including phenoxy) is 1. The van der Waals surface area contributed by atoms with Gasteiger partial charge in [-0.25, -0.2) is 8.42 Å².